The summed E-state index contributed by atoms with van der Waals surface area (Å²) in [6.07, 6.45) is 1.04. The zero-order valence-corrected chi connectivity index (χ0v) is 15.3. The molecule has 6 nitrogen and oxygen atoms in total. The summed E-state index contributed by atoms with van der Waals surface area (Å²) in [6, 6.07) is 2.41. The van der Waals surface area contributed by atoms with Crippen molar-refractivity contribution in [3.63, 3.8) is 0 Å². The van der Waals surface area contributed by atoms with Crippen molar-refractivity contribution in [3.8, 4) is 16.3 Å². The average molecular weight is 375 g/mol. The molecule has 9 heteroatoms. The third-order valence-electron chi connectivity index (χ3n) is 3.69. The summed E-state index contributed by atoms with van der Waals surface area (Å²) < 4.78 is 48.1. The van der Waals surface area contributed by atoms with E-state index in [2.05, 4.69) is 4.98 Å². The Balaban J connectivity index is 0.00000300. The van der Waals surface area contributed by atoms with Crippen LogP contribution in [0.2, 0.25) is 0 Å². The molecule has 0 unspecified atom stereocenters. The van der Waals surface area contributed by atoms with Gasteiger partial charge in [-0.25, -0.2) is 9.37 Å². The molecule has 1 fully saturated rings. The van der Waals surface area contributed by atoms with Gasteiger partial charge in [0.15, 0.2) is 0 Å². The van der Waals surface area contributed by atoms with Crippen LogP contribution in [0.5, 0.6) is 5.75 Å². The van der Waals surface area contributed by atoms with Crippen LogP contribution < -0.4 is 28.7 Å². The minimum atomic E-state index is -2.23. The maximum atomic E-state index is 14.6. The van der Waals surface area contributed by atoms with Crippen molar-refractivity contribution in [1.29, 1.82) is 0 Å². The van der Waals surface area contributed by atoms with E-state index in [0.717, 1.165) is 10.9 Å². The van der Waals surface area contributed by atoms with Gasteiger partial charge in [-0.15, -0.1) is 11.3 Å². The van der Waals surface area contributed by atoms with Crippen LogP contribution >= 0.6 is 11.3 Å². The Labute approximate surface area is 171 Å². The Kier molecular flexibility index (Phi) is 5.77. The normalized spacial score (nSPS) is 19.8. The molecule has 1 atom stereocenters. The molecule has 1 aromatic heterocycles. The van der Waals surface area contributed by atoms with Crippen LogP contribution in [-0.4, -0.2) is 55.2 Å². The number of carboxylic acids is 1. The number of aromatic nitrogens is 1. The van der Waals surface area contributed by atoms with Gasteiger partial charge in [-0.3, -0.25) is 0 Å². The molecule has 2 heterocycles. The summed E-state index contributed by atoms with van der Waals surface area (Å²) in [4.78, 5) is 17.6. The maximum absolute atomic E-state index is 14.6. The number of halogens is 1. The van der Waals surface area contributed by atoms with E-state index in [1.807, 2.05) is 0 Å². The van der Waals surface area contributed by atoms with Crippen LogP contribution in [-0.2, 0) is 4.74 Å². The van der Waals surface area contributed by atoms with Gasteiger partial charge in [0.1, 0.15) is 29.3 Å². The fraction of sp³-hybridized carbons (Fsp3) is 0.412. The van der Waals surface area contributed by atoms with E-state index in [1.54, 1.807) is 13.1 Å². The predicted molar refractivity (Wildman–Crippen MR) is 89.3 cm³/mol. The molecule has 26 heavy (non-hydrogen) atoms. The van der Waals surface area contributed by atoms with Crippen molar-refractivity contribution in [2.75, 3.05) is 33.3 Å². The van der Waals surface area contributed by atoms with E-state index >= 15 is 0 Å². The molecule has 0 N–H and O–H groups in total. The molecule has 0 spiro atoms. The summed E-state index contributed by atoms with van der Waals surface area (Å²) in [5.74, 6) is -2.50. The number of aromatic carboxylic acids is 1. The van der Waals surface area contributed by atoms with E-state index < -0.39 is 30.4 Å². The van der Waals surface area contributed by atoms with Crippen molar-refractivity contribution < 1.29 is 46.7 Å². The second kappa shape index (κ2) is 8.98. The smallest absolute Gasteiger partial charge is 0.545 e. The molecule has 0 saturated carbocycles. The van der Waals surface area contributed by atoms with Gasteiger partial charge >= 0.3 is 18.9 Å². The number of carbonyl (C=O) groups excluding carboxylic acids is 1. The molecule has 1 aliphatic heterocycles. The van der Waals surface area contributed by atoms with E-state index in [9.17, 15) is 14.3 Å². The van der Waals surface area contributed by atoms with E-state index in [0.29, 0.717) is 5.01 Å². The molecule has 0 aliphatic carbocycles. The second-order valence-electron chi connectivity index (χ2n) is 5.65. The number of ether oxygens (including phenoxy) is 2. The van der Waals surface area contributed by atoms with Gasteiger partial charge in [-0.1, -0.05) is 0 Å². The van der Waals surface area contributed by atoms with Gasteiger partial charge < -0.3 is 24.3 Å². The Morgan fingerprint density at radius 2 is 2.42 bits per heavy atom. The summed E-state index contributed by atoms with van der Waals surface area (Å²) in [6.45, 7) is 0.229. The first kappa shape index (κ1) is 16.7. The average Bonchev–Trinajstić information content (AvgIpc) is 3.06. The van der Waals surface area contributed by atoms with Crippen LogP contribution in [0, 0.1) is 12.7 Å². The Hall–Kier alpha value is -1.43. The number of aryl methyl sites for hydroxylation is 1. The Morgan fingerprint density at radius 3 is 3.08 bits per heavy atom. The van der Waals surface area contributed by atoms with Gasteiger partial charge in [0, 0.05) is 33.8 Å². The molecule has 3 rings (SSSR count). The monoisotopic (exact) mass is 375 g/mol. The van der Waals surface area contributed by atoms with Crippen molar-refractivity contribution >= 4 is 17.3 Å². The number of hydrogen-bond donors (Lipinski definition) is 0. The number of likely N-dealkylation sites (N-methyl/N-ethyl adjacent to an activating group) is 1. The van der Waals surface area contributed by atoms with E-state index in [-0.39, 0.29) is 56.5 Å². The first-order chi connectivity index (χ1) is 13.1. The first-order valence-corrected chi connectivity index (χ1v) is 8.44. The number of morpholine rings is 1. The predicted octanol–water partition coefficient (Wildman–Crippen LogP) is -1.67. The summed E-state index contributed by atoms with van der Waals surface area (Å²) >= 11 is 1.22. The van der Waals surface area contributed by atoms with Crippen molar-refractivity contribution in [3.05, 3.63) is 34.6 Å². The number of carboxylic acid groups (broad SMARTS) is 1. The van der Waals surface area contributed by atoms with Crippen molar-refractivity contribution in [2.24, 2.45) is 0 Å². The van der Waals surface area contributed by atoms with Crippen LogP contribution in [0.1, 0.15) is 19.3 Å². The molecular weight excluding hydrogens is 354 g/mol. The Morgan fingerprint density at radius 1 is 1.62 bits per heavy atom. The number of thiazole rings is 1. The topological polar surface area (TPSA) is 74.7 Å². The molecule has 2 aromatic rings. The van der Waals surface area contributed by atoms with Gasteiger partial charge in [-0.2, -0.15) is 0 Å². The maximum Gasteiger partial charge on any atom is 1.00 e. The number of carbonyl (C=O) groups is 1. The SMILES string of the molecule is [2H]C([2H])([2H])N1CCO[C@@H](COc2cc(C(=O)[O-])c(F)c(-c3ncc(C)s3)c2)C1.[Li+]. The first-order valence-electron chi connectivity index (χ1n) is 9.12. The van der Waals surface area contributed by atoms with Gasteiger partial charge in [0.25, 0.3) is 0 Å². The second-order valence-corrected chi connectivity index (χ2v) is 6.88. The number of nitrogens with zero attached hydrogens (tertiary/aromatic N) is 2. The largest absolute Gasteiger partial charge is 1.00 e. The summed E-state index contributed by atoms with van der Waals surface area (Å²) in [7, 11) is 0. The number of hydrogen-bond acceptors (Lipinski definition) is 7. The molecule has 1 aliphatic rings. The minimum absolute atomic E-state index is 0. The molecule has 134 valence electrons. The standard InChI is InChI=1S/C17H19FN2O4S.Li/c1-10-7-19-16(25-10)13-5-11(6-14(15(13)18)17(21)22)24-9-12-8-20(2)3-4-23-12;/h5-7,12H,3-4,8-9H2,1-2H3,(H,21,22);/q;+1/p-1/t12-;/m1./s1/i2D3;. The number of rotatable bonds is 5. The summed E-state index contributed by atoms with van der Waals surface area (Å²) in [5, 5.41) is 11.6. The third kappa shape index (κ3) is 4.84. The third-order valence-corrected chi connectivity index (χ3v) is 4.64. The molecule has 1 aromatic carbocycles. The zero-order chi connectivity index (χ0) is 20.5. The van der Waals surface area contributed by atoms with Gasteiger partial charge in [0.2, 0.25) is 0 Å². The molecule has 0 amide bonds. The molecule has 0 radical (unpaired) electrons. The van der Waals surface area contributed by atoms with Crippen LogP contribution in [0.4, 0.5) is 4.39 Å². The molecule has 0 bridgehead atoms. The van der Waals surface area contributed by atoms with Gasteiger partial charge in [0.05, 0.1) is 18.1 Å². The van der Waals surface area contributed by atoms with E-state index in [1.165, 1.54) is 22.3 Å². The Bertz CT molecular complexity index is 881. The van der Waals surface area contributed by atoms with Gasteiger partial charge in [-0.05, 0) is 26.0 Å². The fourth-order valence-electron chi connectivity index (χ4n) is 2.47. The van der Waals surface area contributed by atoms with Crippen LogP contribution in [0.25, 0.3) is 10.6 Å². The molecular formula is C17H18FLiN2O4S. The van der Waals surface area contributed by atoms with Crippen LogP contribution in [0.15, 0.2) is 18.3 Å². The summed E-state index contributed by atoms with van der Waals surface area (Å²) in [5.41, 5.74) is -0.627. The van der Waals surface area contributed by atoms with Crippen molar-refractivity contribution in [2.45, 2.75) is 13.0 Å². The zero-order valence-electron chi connectivity index (χ0n) is 17.5. The van der Waals surface area contributed by atoms with Crippen molar-refractivity contribution in [1.82, 2.24) is 9.88 Å². The quantitative estimate of drug-likeness (QED) is 0.582. The number of benzene rings is 1. The van der Waals surface area contributed by atoms with Crippen LogP contribution in [0.3, 0.4) is 0 Å². The van der Waals surface area contributed by atoms with E-state index in [4.69, 9.17) is 13.6 Å². The minimum Gasteiger partial charge on any atom is -0.545 e. The molecule has 1 saturated heterocycles. The fourth-order valence-corrected chi connectivity index (χ4v) is 3.25.